The van der Waals surface area contributed by atoms with E-state index in [1.54, 1.807) is 24.3 Å². The van der Waals surface area contributed by atoms with Crippen LogP contribution in [-0.2, 0) is 42.3 Å². The van der Waals surface area contributed by atoms with E-state index in [-0.39, 0.29) is 16.2 Å². The molecule has 14 aromatic rings. The molecule has 95 heavy (non-hydrogen) atoms. The first kappa shape index (κ1) is 58.6. The van der Waals surface area contributed by atoms with Crippen LogP contribution in [0.2, 0.25) is 0 Å². The number of fused-ring (bicyclic) bond motifs is 15. The summed E-state index contributed by atoms with van der Waals surface area (Å²) in [5, 5.41) is 7.43. The van der Waals surface area contributed by atoms with E-state index >= 15 is 0 Å². The summed E-state index contributed by atoms with van der Waals surface area (Å²) in [6.45, 7) is 16.6. The van der Waals surface area contributed by atoms with Crippen LogP contribution in [0.15, 0.2) is 293 Å². The van der Waals surface area contributed by atoms with Gasteiger partial charge in [0, 0.05) is 38.8 Å². The first-order valence-corrected chi connectivity index (χ1v) is 35.8. The van der Waals surface area contributed by atoms with Crippen LogP contribution in [-0.4, -0.2) is 16.8 Å². The van der Waals surface area contributed by atoms with Gasteiger partial charge in [0.1, 0.15) is 0 Å². The molecule has 0 N–H and O–H groups in total. The van der Waals surface area contributed by atoms with Crippen LogP contribution in [0.5, 0.6) is 0 Å². The van der Waals surface area contributed by atoms with Crippen LogP contribution in [0.25, 0.3) is 132 Å². The minimum Gasteiger partial charge on any atom is -0.218 e. The van der Waals surface area contributed by atoms with E-state index in [4.69, 9.17) is 0 Å². The predicted octanol–water partition coefficient (Wildman–Crippen LogP) is 22.9. The van der Waals surface area contributed by atoms with Crippen molar-refractivity contribution in [3.8, 4) is 100 Å². The Balaban J connectivity index is 0.711. The molecule has 6 heteroatoms. The van der Waals surface area contributed by atoms with Crippen molar-refractivity contribution in [2.75, 3.05) is 0 Å². The van der Waals surface area contributed by atoms with Gasteiger partial charge in [-0.25, -0.2) is 16.8 Å². The van der Waals surface area contributed by atoms with E-state index in [0.29, 0.717) is 30.7 Å². The number of rotatable bonds is 9. The molecule has 0 radical (unpaired) electrons. The molecule has 0 amide bonds. The molecule has 0 saturated heterocycles. The summed E-state index contributed by atoms with van der Waals surface area (Å²) in [6.07, 6.45) is 0.821. The Morgan fingerprint density at radius 3 is 1.27 bits per heavy atom. The molecular weight excluding hydrogens is 1200 g/mol. The van der Waals surface area contributed by atoms with Crippen molar-refractivity contribution in [3.05, 3.63) is 301 Å². The van der Waals surface area contributed by atoms with Crippen molar-refractivity contribution >= 4 is 52.0 Å². The van der Waals surface area contributed by atoms with Crippen LogP contribution < -0.4 is 0 Å². The van der Waals surface area contributed by atoms with Gasteiger partial charge in [0.25, 0.3) is 0 Å². The Kier molecular flexibility index (Phi) is 13.0. The average molecular weight is 1270 g/mol. The van der Waals surface area contributed by atoms with E-state index < -0.39 is 19.7 Å². The maximum absolute atomic E-state index is 14.2. The van der Waals surface area contributed by atoms with Crippen molar-refractivity contribution in [2.45, 2.75) is 90.7 Å². The third-order valence-corrected chi connectivity index (χ3v) is 24.7. The molecule has 0 aromatic heterocycles. The van der Waals surface area contributed by atoms with Crippen LogP contribution in [0, 0.1) is 0 Å². The SMILES string of the molecule is CC(C)(C)c1cc(-c2cccc(-c3cccc(-c4cccc5c4S(=O)(=O)c4ccccc4-5)c3)c2)c2c(c1)C(C)(C)c1cc(C(C)(C)Cc3cccc4c5cc(-c6cccc(-c7cccc(-c8cccc9c8S(=O)(=O)c8ccccc8-9)c7)c6)ccc5c5ccccc5c34)ccc1-2. The molecule has 0 spiro atoms. The molecule has 0 saturated carbocycles. The Morgan fingerprint density at radius 1 is 0.305 bits per heavy atom. The van der Waals surface area contributed by atoms with Gasteiger partial charge in [-0.3, -0.25) is 0 Å². The monoisotopic (exact) mass is 1260 g/mol. The molecule has 460 valence electrons. The van der Waals surface area contributed by atoms with E-state index in [1.807, 2.05) is 84.9 Å². The van der Waals surface area contributed by atoms with E-state index in [9.17, 15) is 16.8 Å². The molecule has 3 aliphatic rings. The Hall–Kier alpha value is -10.2. The van der Waals surface area contributed by atoms with Gasteiger partial charge >= 0.3 is 0 Å². The molecule has 0 fully saturated rings. The van der Waals surface area contributed by atoms with Gasteiger partial charge in [-0.1, -0.05) is 273 Å². The Labute approximate surface area is 556 Å². The second-order valence-electron chi connectivity index (χ2n) is 28.5. The molecule has 17 rings (SSSR count). The van der Waals surface area contributed by atoms with Gasteiger partial charge in [0.2, 0.25) is 19.7 Å². The third kappa shape index (κ3) is 9.12. The molecule has 2 aliphatic heterocycles. The molecule has 4 nitrogen and oxygen atoms in total. The average Bonchev–Trinajstić information content (AvgIpc) is 1.65. The maximum atomic E-state index is 14.2. The highest BCUT2D eigenvalue weighted by atomic mass is 32.2. The normalized spacial score (nSPS) is 14.5. The second kappa shape index (κ2) is 21.1. The summed E-state index contributed by atoms with van der Waals surface area (Å²) in [7, 11) is -7.40. The lowest BCUT2D eigenvalue weighted by Gasteiger charge is -2.29. The van der Waals surface area contributed by atoms with Gasteiger partial charge in [-0.2, -0.15) is 0 Å². The van der Waals surface area contributed by atoms with Gasteiger partial charge < -0.3 is 0 Å². The van der Waals surface area contributed by atoms with Gasteiger partial charge in [0.05, 0.1) is 19.6 Å². The topological polar surface area (TPSA) is 68.3 Å². The highest BCUT2D eigenvalue weighted by Crippen LogP contribution is 2.56. The van der Waals surface area contributed by atoms with Crippen molar-refractivity contribution in [3.63, 3.8) is 0 Å². The van der Waals surface area contributed by atoms with Crippen LogP contribution in [0.3, 0.4) is 0 Å². The van der Waals surface area contributed by atoms with Crippen molar-refractivity contribution in [1.82, 2.24) is 0 Å². The molecule has 0 bridgehead atoms. The third-order valence-electron chi connectivity index (χ3n) is 20.9. The van der Waals surface area contributed by atoms with Crippen molar-refractivity contribution < 1.29 is 16.8 Å². The molecular formula is C89H68O4S2. The van der Waals surface area contributed by atoms with Gasteiger partial charge in [-0.05, 0) is 193 Å². The molecule has 14 aromatic carbocycles. The van der Waals surface area contributed by atoms with Gasteiger partial charge in [0.15, 0.2) is 0 Å². The predicted molar refractivity (Wildman–Crippen MR) is 393 cm³/mol. The first-order chi connectivity index (χ1) is 45.7. The minimum absolute atomic E-state index is 0.117. The molecule has 0 atom stereocenters. The fourth-order valence-corrected chi connectivity index (χ4v) is 19.8. The largest absolute Gasteiger partial charge is 0.218 e. The number of hydrogen-bond acceptors (Lipinski definition) is 4. The summed E-state index contributed by atoms with van der Waals surface area (Å²) < 4.78 is 56.4. The zero-order valence-electron chi connectivity index (χ0n) is 54.1. The smallest absolute Gasteiger partial charge is 0.208 e. The lowest BCUT2D eigenvalue weighted by atomic mass is 9.74. The number of sulfone groups is 2. The molecule has 2 heterocycles. The molecule has 1 aliphatic carbocycles. The highest BCUT2D eigenvalue weighted by Gasteiger charge is 2.41. The fourth-order valence-electron chi connectivity index (χ4n) is 16.0. The van der Waals surface area contributed by atoms with Crippen LogP contribution in [0.4, 0.5) is 0 Å². The first-order valence-electron chi connectivity index (χ1n) is 32.8. The molecule has 0 unspecified atom stereocenters. The zero-order chi connectivity index (χ0) is 65.1. The summed E-state index contributed by atoms with van der Waals surface area (Å²) in [5.41, 5.74) is 23.3. The van der Waals surface area contributed by atoms with Crippen LogP contribution in [0.1, 0.15) is 76.3 Å². The van der Waals surface area contributed by atoms with E-state index in [1.165, 1.54) is 76.8 Å². The number of benzene rings is 14. The quantitative estimate of drug-likeness (QED) is 0.135. The lowest BCUT2D eigenvalue weighted by molar-refractivity contribution is 0.522. The second-order valence-corrected chi connectivity index (χ2v) is 32.2. The van der Waals surface area contributed by atoms with Crippen molar-refractivity contribution in [2.24, 2.45) is 0 Å². The minimum atomic E-state index is -3.71. The summed E-state index contributed by atoms with van der Waals surface area (Å²) in [4.78, 5) is 1.49. The summed E-state index contributed by atoms with van der Waals surface area (Å²) in [6, 6.07) is 95.4. The van der Waals surface area contributed by atoms with Crippen LogP contribution >= 0.6 is 0 Å². The summed E-state index contributed by atoms with van der Waals surface area (Å²) in [5.74, 6) is 0. The standard InChI is InChI=1S/C89H68O4S2/c1-87(2,3)65-50-77(62-28-17-25-58(48-62)57-24-16-27-61(47-57)67-35-20-38-75-71-32-11-13-40-82(71)95(92,93)86(67)75)84-76-44-42-64(51-79(76)89(6,7)80(84)52-65)88(4,5)53-63-29-18-36-73-78-49-59(41-43-69(78)68-30-8-9-33-72(68)83(63)73)55-22-14-21-54(45-55)56-23-15-26-60(46-56)66-34-19-37-74-70-31-10-12-39-81(70)94(90,91)85(66)74/h8-52H,53H2,1-7H3. The summed E-state index contributed by atoms with van der Waals surface area (Å²) >= 11 is 0. The highest BCUT2D eigenvalue weighted by molar-refractivity contribution is 7.92. The lowest BCUT2D eigenvalue weighted by Crippen LogP contribution is -2.23. The van der Waals surface area contributed by atoms with Gasteiger partial charge in [-0.15, -0.1) is 0 Å². The zero-order valence-corrected chi connectivity index (χ0v) is 55.8. The van der Waals surface area contributed by atoms with E-state index in [2.05, 4.69) is 212 Å². The number of hydrogen-bond donors (Lipinski definition) is 0. The van der Waals surface area contributed by atoms with Crippen molar-refractivity contribution in [1.29, 1.82) is 0 Å². The fraction of sp³-hybridized carbons (Fsp3) is 0.124. The Bertz CT molecular complexity index is 5900. The van der Waals surface area contributed by atoms with E-state index in [0.717, 1.165) is 78.7 Å². The Morgan fingerprint density at radius 2 is 0.716 bits per heavy atom. The maximum Gasteiger partial charge on any atom is 0.208 e.